The van der Waals surface area contributed by atoms with Crippen LogP contribution in [0.2, 0.25) is 5.28 Å². The summed E-state index contributed by atoms with van der Waals surface area (Å²) in [7, 11) is -0.535. The van der Waals surface area contributed by atoms with Crippen LogP contribution in [0.15, 0.2) is 340 Å². The summed E-state index contributed by atoms with van der Waals surface area (Å²) in [4.78, 5) is 34.4. The Kier molecular flexibility index (Phi) is 23.9. The summed E-state index contributed by atoms with van der Waals surface area (Å²) in [6.07, 6.45) is 0. The molecule has 118 heavy (non-hydrogen) atoms. The van der Waals surface area contributed by atoms with Crippen LogP contribution in [0.5, 0.6) is 0 Å². The van der Waals surface area contributed by atoms with Gasteiger partial charge in [0.1, 0.15) is 11.6 Å². The molecule has 14 aromatic carbocycles. The van der Waals surface area contributed by atoms with E-state index in [2.05, 4.69) is 232 Å². The molecule has 0 bridgehead atoms. The van der Waals surface area contributed by atoms with Crippen molar-refractivity contribution in [2.75, 3.05) is 14.8 Å². The number of halogens is 6. The average Bonchev–Trinajstić information content (AvgIpc) is 1.60. The SMILES string of the molecule is CC1(C)OB(c2ccc(F)c(-n3c4ccccc4c4ccccc43)c2)OC1(C)C.CI.CI.CI.Clc1nc(-c2ccccc2)nc(-c2cccc(-n3c4ccccc4c4ccccc43)c2)n1.Fc1ccc(-c2nc(-c3ccccc3)nc(-c3cccc(-n4c5ccccc5c5ccccc54)c3)n2)cc1-n1c2ccccc2c2ccccc21. The van der Waals surface area contributed by atoms with Crippen molar-refractivity contribution in [2.45, 2.75) is 38.9 Å². The van der Waals surface area contributed by atoms with Gasteiger partial charge in [-0.25, -0.2) is 28.7 Å². The van der Waals surface area contributed by atoms with Gasteiger partial charge in [0.2, 0.25) is 5.28 Å². The van der Waals surface area contributed by atoms with Gasteiger partial charge in [-0.15, -0.1) is 0 Å². The van der Waals surface area contributed by atoms with Gasteiger partial charge >= 0.3 is 7.12 Å². The number of benzene rings is 14. The largest absolute Gasteiger partial charge is 0.494 e. The molecule has 1 fully saturated rings. The molecular formula is C99H77BClF2I3N10O2. The Morgan fingerprint density at radius 1 is 0.271 bits per heavy atom. The molecule has 1 aliphatic rings. The smallest absolute Gasteiger partial charge is 0.399 e. The van der Waals surface area contributed by atoms with Crippen molar-refractivity contribution in [2.24, 2.45) is 0 Å². The minimum absolute atomic E-state index is 0.177. The van der Waals surface area contributed by atoms with Crippen LogP contribution in [0.3, 0.4) is 0 Å². The van der Waals surface area contributed by atoms with E-state index in [1.807, 2.05) is 221 Å². The van der Waals surface area contributed by atoms with Crippen LogP contribution < -0.4 is 5.46 Å². The molecule has 0 atom stereocenters. The van der Waals surface area contributed by atoms with E-state index in [1.54, 1.807) is 12.1 Å². The first kappa shape index (κ1) is 80.4. The third-order valence-corrected chi connectivity index (χ3v) is 21.7. The van der Waals surface area contributed by atoms with Crippen molar-refractivity contribution in [3.8, 4) is 79.7 Å². The lowest BCUT2D eigenvalue weighted by atomic mass is 9.79. The molecule has 0 unspecified atom stereocenters. The molecule has 19 heteroatoms. The van der Waals surface area contributed by atoms with Gasteiger partial charge in [0, 0.05) is 82.3 Å². The molecule has 12 nitrogen and oxygen atoms in total. The maximum absolute atomic E-state index is 15.9. The summed E-state index contributed by atoms with van der Waals surface area (Å²) < 4.78 is 51.9. The van der Waals surface area contributed by atoms with Crippen LogP contribution in [0, 0.1) is 11.6 Å². The molecule has 7 heterocycles. The van der Waals surface area contributed by atoms with Crippen LogP contribution >= 0.6 is 79.4 Å². The highest BCUT2D eigenvalue weighted by Crippen LogP contribution is 2.41. The van der Waals surface area contributed by atoms with Crippen LogP contribution in [0.4, 0.5) is 8.78 Å². The lowest BCUT2D eigenvalue weighted by Gasteiger charge is -2.32. The molecule has 6 aromatic heterocycles. The van der Waals surface area contributed by atoms with E-state index in [0.717, 1.165) is 105 Å². The molecule has 0 N–H and O–H groups in total. The normalized spacial score (nSPS) is 12.7. The maximum Gasteiger partial charge on any atom is 0.494 e. The lowest BCUT2D eigenvalue weighted by Crippen LogP contribution is -2.41. The monoisotopic (exact) mass is 1900 g/mol. The molecule has 580 valence electrons. The number of rotatable bonds is 10. The fraction of sp³-hybridized carbons (Fsp3) is 0.0909. The van der Waals surface area contributed by atoms with E-state index in [0.29, 0.717) is 46.1 Å². The standard InChI is InChI=1S/C45H28FN5.C27H17ClN4.C24H23BFNO2.3CH3I/c46-37-26-25-31(28-42(37)51-40-23-10-6-19-35(40)36-20-7-11-24-41(36)51)45-48-43(29-13-2-1-3-14-29)47-44(49-45)30-15-12-16-32(27-30)50-38-21-8-4-17-33(38)34-18-5-9-22-39(34)50;28-27-30-25(18-9-2-1-3-10-18)29-26(31-27)19-11-8-12-20(17-19)32-23-15-6-4-13-21(23)22-14-5-7-16-24(22)32;1-23(2)24(3,4)29-25(28-23)16-13-14-19(26)22(15-16)27-20-11-7-5-9-17(20)18-10-6-8-12-21(18)27;3*1-2/h1-28H;1-17H;5-15H,1-4H3;3*1H3. The highest BCUT2D eigenvalue weighted by molar-refractivity contribution is 14.1. The summed E-state index contributed by atoms with van der Waals surface area (Å²) in [5.41, 5.74) is 15.4. The molecule has 1 saturated heterocycles. The molecule has 0 saturated carbocycles. The summed E-state index contributed by atoms with van der Waals surface area (Å²) >= 11 is 12.7. The van der Waals surface area contributed by atoms with E-state index in [9.17, 15) is 0 Å². The predicted octanol–water partition coefficient (Wildman–Crippen LogP) is 26.5. The Bertz CT molecular complexity index is 6850. The Morgan fingerprint density at radius 2 is 0.525 bits per heavy atom. The summed E-state index contributed by atoms with van der Waals surface area (Å²) in [5, 5.41) is 9.35. The number of hydrogen-bond acceptors (Lipinski definition) is 8. The minimum Gasteiger partial charge on any atom is -0.399 e. The van der Waals surface area contributed by atoms with Gasteiger partial charge in [0.15, 0.2) is 29.1 Å². The third kappa shape index (κ3) is 15.5. The fourth-order valence-corrected chi connectivity index (χ4v) is 15.7. The number of hydrogen-bond donors (Lipinski definition) is 0. The number of aromatic nitrogens is 10. The first-order chi connectivity index (χ1) is 57.8. The second-order valence-corrected chi connectivity index (χ2v) is 29.2. The van der Waals surface area contributed by atoms with Gasteiger partial charge in [-0.05, 0) is 163 Å². The second kappa shape index (κ2) is 35.0. The van der Waals surface area contributed by atoms with Crippen LogP contribution in [-0.4, -0.2) is 81.3 Å². The topological polar surface area (TPSA) is 116 Å². The molecule has 1 aliphatic heterocycles. The summed E-state index contributed by atoms with van der Waals surface area (Å²) in [6, 6.07) is 113. The van der Waals surface area contributed by atoms with Gasteiger partial charge in [-0.3, -0.25) is 0 Å². The summed E-state index contributed by atoms with van der Waals surface area (Å²) in [6.45, 7) is 8.07. The van der Waals surface area contributed by atoms with Gasteiger partial charge in [0.05, 0.1) is 66.7 Å². The first-order valence-electron chi connectivity index (χ1n) is 38.3. The number of fused-ring (bicyclic) bond motifs is 12. The average molecular weight is 1900 g/mol. The molecule has 0 radical (unpaired) electrons. The maximum atomic E-state index is 15.9. The zero-order valence-corrected chi connectivity index (χ0v) is 72.7. The zero-order valence-electron chi connectivity index (χ0n) is 65.5. The predicted molar refractivity (Wildman–Crippen MR) is 511 cm³/mol. The van der Waals surface area contributed by atoms with E-state index >= 15 is 8.78 Å². The van der Waals surface area contributed by atoms with E-state index in [-0.39, 0.29) is 16.9 Å². The Morgan fingerprint density at radius 3 is 0.864 bits per heavy atom. The van der Waals surface area contributed by atoms with Crippen LogP contribution in [0.25, 0.3) is 167 Å². The van der Waals surface area contributed by atoms with Gasteiger partial charge in [0.25, 0.3) is 0 Å². The van der Waals surface area contributed by atoms with Crippen LogP contribution in [-0.2, 0) is 9.31 Å². The van der Waals surface area contributed by atoms with E-state index in [1.165, 1.54) is 33.7 Å². The molecule has 20 aromatic rings. The molecular weight excluding hydrogens is 1830 g/mol. The Labute approximate surface area is 728 Å². The quantitative estimate of drug-likeness (QED) is 0.0755. The molecule has 0 spiro atoms. The van der Waals surface area contributed by atoms with Crippen molar-refractivity contribution in [1.29, 1.82) is 0 Å². The number of alkyl halides is 3. The van der Waals surface area contributed by atoms with Gasteiger partial charge in [-0.2, -0.15) is 9.97 Å². The number of para-hydroxylation sites is 8. The molecule has 0 aliphatic carbocycles. The highest BCUT2D eigenvalue weighted by atomic mass is 127. The highest BCUT2D eigenvalue weighted by Gasteiger charge is 2.52. The fourth-order valence-electron chi connectivity index (χ4n) is 15.5. The van der Waals surface area contributed by atoms with Crippen LogP contribution in [0.1, 0.15) is 27.7 Å². The van der Waals surface area contributed by atoms with Crippen molar-refractivity contribution in [1.82, 2.24) is 48.2 Å². The summed E-state index contributed by atoms with van der Waals surface area (Å²) in [5.74, 6) is 2.03. The van der Waals surface area contributed by atoms with Crippen molar-refractivity contribution in [3.63, 3.8) is 0 Å². The number of nitrogens with zero attached hydrogens (tertiary/aromatic N) is 10. The van der Waals surface area contributed by atoms with Crippen molar-refractivity contribution in [3.05, 3.63) is 357 Å². The van der Waals surface area contributed by atoms with Gasteiger partial charge < -0.3 is 27.6 Å². The lowest BCUT2D eigenvalue weighted by molar-refractivity contribution is 0.00578. The Balaban J connectivity index is 0.000000135. The van der Waals surface area contributed by atoms with E-state index in [4.69, 9.17) is 40.8 Å². The van der Waals surface area contributed by atoms with Crippen molar-refractivity contribution < 1.29 is 18.1 Å². The Hall–Kier alpha value is -11.4. The van der Waals surface area contributed by atoms with Gasteiger partial charge in [-0.1, -0.05) is 304 Å². The van der Waals surface area contributed by atoms with Crippen molar-refractivity contribution >= 4 is 179 Å². The molecule has 0 amide bonds. The molecule has 21 rings (SSSR count). The minimum atomic E-state index is -0.535. The van der Waals surface area contributed by atoms with E-state index < -0.39 is 18.3 Å². The first-order valence-corrected chi connectivity index (χ1v) is 45.1. The third-order valence-electron chi connectivity index (χ3n) is 21.5. The zero-order chi connectivity index (χ0) is 81.8. The second-order valence-electron chi connectivity index (χ2n) is 28.8.